The van der Waals surface area contributed by atoms with Gasteiger partial charge in [0.1, 0.15) is 22.9 Å². The molecule has 2 aliphatic rings. The summed E-state index contributed by atoms with van der Waals surface area (Å²) in [6, 6.07) is 8.46. The Labute approximate surface area is 210 Å². The van der Waals surface area contributed by atoms with E-state index in [1.165, 1.54) is 13.2 Å². The molecule has 0 atom stereocenters. The molecule has 1 amide bonds. The topological polar surface area (TPSA) is 108 Å². The number of carbonyl (C=O) groups excluding carboxylic acids is 1. The molecule has 13 heteroatoms. The van der Waals surface area contributed by atoms with Gasteiger partial charge in [-0.3, -0.25) is 4.79 Å². The van der Waals surface area contributed by atoms with Gasteiger partial charge in [-0.2, -0.15) is 23.1 Å². The zero-order chi connectivity index (χ0) is 26.2. The Kier molecular flexibility index (Phi) is 6.46. The van der Waals surface area contributed by atoms with E-state index < -0.39 is 17.6 Å². The maximum atomic E-state index is 13.8. The number of halogens is 3. The number of nitrogens with one attached hydrogen (secondary N) is 3. The van der Waals surface area contributed by atoms with E-state index in [2.05, 4.69) is 47.7 Å². The van der Waals surface area contributed by atoms with E-state index in [-0.39, 0.29) is 29.0 Å². The molecule has 5 rings (SSSR count). The lowest BCUT2D eigenvalue weighted by atomic mass is 10.1. The highest BCUT2D eigenvalue weighted by molar-refractivity contribution is 6.04. The van der Waals surface area contributed by atoms with Crippen LogP contribution in [0.15, 0.2) is 36.5 Å². The number of benzene rings is 1. The number of rotatable bonds is 6. The number of alkyl halides is 3. The predicted octanol–water partition coefficient (Wildman–Crippen LogP) is 3.38. The minimum atomic E-state index is -4.72. The van der Waals surface area contributed by atoms with Crippen LogP contribution in [0.3, 0.4) is 0 Å². The molecule has 2 aliphatic heterocycles. The smallest absolute Gasteiger partial charge is 0.421 e. The summed E-state index contributed by atoms with van der Waals surface area (Å²) in [5.41, 5.74) is 0.524. The number of anilines is 5. The fourth-order valence-electron chi connectivity index (χ4n) is 4.27. The number of likely N-dealkylation sites (N-methyl/N-ethyl adjacent to an activating group) is 1. The Morgan fingerprint density at radius 2 is 1.81 bits per heavy atom. The molecule has 10 nitrogen and oxygen atoms in total. The lowest BCUT2D eigenvalue weighted by Crippen LogP contribution is -2.44. The normalized spacial score (nSPS) is 15.8. The fourth-order valence-corrected chi connectivity index (χ4v) is 4.27. The second-order valence-corrected chi connectivity index (χ2v) is 8.74. The maximum Gasteiger partial charge on any atom is 0.421 e. The first-order valence-electron chi connectivity index (χ1n) is 11.6. The fraction of sp³-hybridized carbons (Fsp3) is 0.333. The van der Waals surface area contributed by atoms with Crippen LogP contribution in [-0.2, 0) is 12.7 Å². The molecule has 194 valence electrons. The number of pyridine rings is 1. The minimum absolute atomic E-state index is 0.0972. The summed E-state index contributed by atoms with van der Waals surface area (Å²) in [6.07, 6.45) is -4.02. The van der Waals surface area contributed by atoms with Crippen LogP contribution in [0.25, 0.3) is 0 Å². The summed E-state index contributed by atoms with van der Waals surface area (Å²) in [6.45, 7) is 3.76. The van der Waals surface area contributed by atoms with E-state index in [0.717, 1.165) is 32.0 Å². The van der Waals surface area contributed by atoms with Gasteiger partial charge in [-0.1, -0.05) is 12.1 Å². The third-order valence-electron chi connectivity index (χ3n) is 6.28. The second kappa shape index (κ2) is 9.73. The first-order chi connectivity index (χ1) is 17.7. The van der Waals surface area contributed by atoms with Gasteiger partial charge in [-0.05, 0) is 30.8 Å². The molecule has 0 bridgehead atoms. The monoisotopic (exact) mass is 514 g/mol. The van der Waals surface area contributed by atoms with E-state index in [1.807, 2.05) is 6.07 Å². The Morgan fingerprint density at radius 1 is 1.03 bits per heavy atom. The zero-order valence-corrected chi connectivity index (χ0v) is 20.2. The predicted molar refractivity (Wildman–Crippen MR) is 132 cm³/mol. The van der Waals surface area contributed by atoms with Crippen LogP contribution >= 0.6 is 0 Å². The summed E-state index contributed by atoms with van der Waals surface area (Å²) in [5.74, 6) is 0.0451. The van der Waals surface area contributed by atoms with Gasteiger partial charge in [0.05, 0.1) is 18.4 Å². The van der Waals surface area contributed by atoms with Gasteiger partial charge in [-0.15, -0.1) is 0 Å². The van der Waals surface area contributed by atoms with Gasteiger partial charge in [0.25, 0.3) is 5.91 Å². The van der Waals surface area contributed by atoms with Crippen molar-refractivity contribution < 1.29 is 22.7 Å². The molecule has 3 N–H and O–H groups in total. The first-order valence-corrected chi connectivity index (χ1v) is 11.6. The molecule has 0 radical (unpaired) electrons. The Bertz CT molecular complexity index is 1330. The third-order valence-corrected chi connectivity index (χ3v) is 6.28. The van der Waals surface area contributed by atoms with E-state index >= 15 is 0 Å². The van der Waals surface area contributed by atoms with Crippen LogP contribution in [0.2, 0.25) is 0 Å². The van der Waals surface area contributed by atoms with Crippen molar-refractivity contribution in [1.82, 2.24) is 25.2 Å². The lowest BCUT2D eigenvalue weighted by molar-refractivity contribution is -0.137. The number of fused-ring (bicyclic) bond motifs is 1. The van der Waals surface area contributed by atoms with Crippen LogP contribution < -0.4 is 25.6 Å². The number of aromatic nitrogens is 3. The molecule has 0 saturated carbocycles. The molecule has 3 aromatic rings. The van der Waals surface area contributed by atoms with Crippen molar-refractivity contribution >= 4 is 34.9 Å². The summed E-state index contributed by atoms with van der Waals surface area (Å²) >= 11 is 0. The summed E-state index contributed by atoms with van der Waals surface area (Å²) < 4.78 is 46.7. The van der Waals surface area contributed by atoms with Crippen LogP contribution in [0.4, 0.5) is 42.1 Å². The van der Waals surface area contributed by atoms with Crippen molar-refractivity contribution in [3.8, 4) is 5.88 Å². The molecule has 0 unspecified atom stereocenters. The van der Waals surface area contributed by atoms with Gasteiger partial charge in [0.2, 0.25) is 11.8 Å². The number of methoxy groups -OCH3 is 1. The number of nitrogens with zero attached hydrogens (tertiary/aromatic N) is 5. The highest BCUT2D eigenvalue weighted by Crippen LogP contribution is 2.37. The molecule has 1 fully saturated rings. The minimum Gasteiger partial charge on any atom is -0.479 e. The molecule has 1 aromatic carbocycles. The lowest BCUT2D eigenvalue weighted by Gasteiger charge is -2.33. The highest BCUT2D eigenvalue weighted by Gasteiger charge is 2.36. The SMILES string of the molecule is COc1nc(N2CCN(C)CC2)ccc1Nc1ncc(C(F)(F)F)c(Nc2cccc3c2C(=O)NC3)n1. The van der Waals surface area contributed by atoms with Gasteiger partial charge in [-0.25, -0.2) is 4.98 Å². The number of hydrogen-bond acceptors (Lipinski definition) is 9. The highest BCUT2D eigenvalue weighted by atomic mass is 19.4. The van der Waals surface area contributed by atoms with Crippen LogP contribution in [0, 0.1) is 0 Å². The number of piperazine rings is 1. The molecule has 1 saturated heterocycles. The number of hydrogen-bond donors (Lipinski definition) is 3. The summed E-state index contributed by atoms with van der Waals surface area (Å²) in [5, 5.41) is 8.26. The van der Waals surface area contributed by atoms with Crippen molar-refractivity contribution in [1.29, 1.82) is 0 Å². The van der Waals surface area contributed by atoms with Crippen molar-refractivity contribution in [2.45, 2.75) is 12.7 Å². The van der Waals surface area contributed by atoms with Crippen molar-refractivity contribution in [2.24, 2.45) is 0 Å². The first kappa shape index (κ1) is 24.6. The maximum absolute atomic E-state index is 13.8. The van der Waals surface area contributed by atoms with Gasteiger partial charge < -0.3 is 30.5 Å². The molecule has 0 aliphatic carbocycles. The number of ether oxygens (including phenoxy) is 1. The molecular formula is C24H25F3N8O2. The van der Waals surface area contributed by atoms with Crippen molar-refractivity contribution in [2.75, 3.05) is 55.9 Å². The van der Waals surface area contributed by atoms with Gasteiger partial charge >= 0.3 is 6.18 Å². The van der Waals surface area contributed by atoms with Crippen molar-refractivity contribution in [3.05, 3.63) is 53.2 Å². The average molecular weight is 515 g/mol. The van der Waals surface area contributed by atoms with E-state index in [0.29, 0.717) is 24.0 Å². The largest absolute Gasteiger partial charge is 0.479 e. The quantitative estimate of drug-likeness (QED) is 0.456. The summed E-state index contributed by atoms with van der Waals surface area (Å²) in [4.78, 5) is 29.1. The molecule has 37 heavy (non-hydrogen) atoms. The summed E-state index contributed by atoms with van der Waals surface area (Å²) in [7, 11) is 3.52. The third kappa shape index (κ3) is 5.07. The number of carbonyl (C=O) groups is 1. The van der Waals surface area contributed by atoms with Crippen LogP contribution in [-0.4, -0.2) is 66.1 Å². The average Bonchev–Trinajstić information content (AvgIpc) is 3.26. The molecule has 2 aromatic heterocycles. The van der Waals surface area contributed by atoms with E-state index in [9.17, 15) is 18.0 Å². The zero-order valence-electron chi connectivity index (χ0n) is 20.2. The molecule has 0 spiro atoms. The van der Waals surface area contributed by atoms with Crippen LogP contribution in [0.5, 0.6) is 5.88 Å². The van der Waals surface area contributed by atoms with E-state index in [4.69, 9.17) is 4.74 Å². The van der Waals surface area contributed by atoms with Crippen molar-refractivity contribution in [3.63, 3.8) is 0 Å². The second-order valence-electron chi connectivity index (χ2n) is 8.74. The molecule has 4 heterocycles. The van der Waals surface area contributed by atoms with E-state index in [1.54, 1.807) is 18.2 Å². The molecular weight excluding hydrogens is 489 g/mol. The number of amides is 1. The van der Waals surface area contributed by atoms with Crippen LogP contribution in [0.1, 0.15) is 21.5 Å². The van der Waals surface area contributed by atoms with Gasteiger partial charge in [0.15, 0.2) is 0 Å². The Balaban J connectivity index is 1.44. The Morgan fingerprint density at radius 3 is 2.54 bits per heavy atom. The standard InChI is InChI=1S/C24H25F3N8O2/c1-34-8-10-35(11-9-34)18-7-6-17(22(32-18)37-2)31-23-29-13-15(24(25,26)27)20(33-23)30-16-5-3-4-14-12-28-21(36)19(14)16/h3-7,13H,8-12H2,1-2H3,(H,28,36)(H2,29,30,31,33). The Hall–Kier alpha value is -4.13. The van der Waals surface area contributed by atoms with Gasteiger partial charge in [0, 0.05) is 38.9 Å².